The molecule has 0 unspecified atom stereocenters. The summed E-state index contributed by atoms with van der Waals surface area (Å²) >= 11 is 0. The standard InChI is InChI=1S/C14H22N2O5S/c1-5-8-15-14(17)10-16(2)22(18,19)11-6-7-12(20-3)13(9-11)21-4/h6-7,9H,5,8,10H2,1-4H3,(H,15,17). The third kappa shape index (κ3) is 4.35. The van der Waals surface area contributed by atoms with E-state index in [4.69, 9.17) is 9.47 Å². The van der Waals surface area contributed by atoms with E-state index in [1.54, 1.807) is 0 Å². The van der Waals surface area contributed by atoms with Gasteiger partial charge < -0.3 is 14.8 Å². The van der Waals surface area contributed by atoms with Gasteiger partial charge in [0.15, 0.2) is 11.5 Å². The number of hydrogen-bond donors (Lipinski definition) is 1. The Morgan fingerprint density at radius 2 is 1.86 bits per heavy atom. The second-order valence-electron chi connectivity index (χ2n) is 4.63. The Labute approximate surface area is 131 Å². The van der Waals surface area contributed by atoms with Crippen LogP contribution in [0.15, 0.2) is 23.1 Å². The maximum atomic E-state index is 12.5. The van der Waals surface area contributed by atoms with Crippen molar-refractivity contribution in [1.29, 1.82) is 0 Å². The van der Waals surface area contributed by atoms with E-state index < -0.39 is 10.0 Å². The zero-order chi connectivity index (χ0) is 16.8. The predicted molar refractivity (Wildman–Crippen MR) is 82.7 cm³/mol. The molecule has 0 saturated carbocycles. The summed E-state index contributed by atoms with van der Waals surface area (Å²) in [6.45, 7) is 2.20. The Kier molecular flexibility index (Phi) is 6.63. The van der Waals surface area contributed by atoms with Crippen LogP contribution >= 0.6 is 0 Å². The molecule has 8 heteroatoms. The lowest BCUT2D eigenvalue weighted by molar-refractivity contribution is -0.121. The number of methoxy groups -OCH3 is 2. The van der Waals surface area contributed by atoms with Gasteiger partial charge in [0.1, 0.15) is 0 Å². The molecule has 1 aromatic rings. The van der Waals surface area contributed by atoms with E-state index in [1.807, 2.05) is 6.92 Å². The third-order valence-electron chi connectivity index (χ3n) is 3.00. The van der Waals surface area contributed by atoms with Gasteiger partial charge in [-0.25, -0.2) is 8.42 Å². The molecule has 0 bridgehead atoms. The SMILES string of the molecule is CCCNC(=O)CN(C)S(=O)(=O)c1ccc(OC)c(OC)c1. The molecule has 0 atom stereocenters. The molecular weight excluding hydrogens is 308 g/mol. The lowest BCUT2D eigenvalue weighted by Gasteiger charge is -2.18. The van der Waals surface area contributed by atoms with Crippen LogP contribution in [0.3, 0.4) is 0 Å². The molecule has 1 rings (SSSR count). The zero-order valence-electron chi connectivity index (χ0n) is 13.3. The van der Waals surface area contributed by atoms with Gasteiger partial charge in [0.25, 0.3) is 0 Å². The fourth-order valence-electron chi connectivity index (χ4n) is 1.76. The molecule has 0 aliphatic carbocycles. The minimum Gasteiger partial charge on any atom is -0.493 e. The fourth-order valence-corrected chi connectivity index (χ4v) is 2.91. The predicted octanol–water partition coefficient (Wildman–Crippen LogP) is 0.851. The van der Waals surface area contributed by atoms with Gasteiger partial charge in [-0.15, -0.1) is 0 Å². The molecule has 0 radical (unpaired) electrons. The van der Waals surface area contributed by atoms with Crippen LogP contribution in [0.2, 0.25) is 0 Å². The summed E-state index contributed by atoms with van der Waals surface area (Å²) in [6, 6.07) is 4.29. The van der Waals surface area contributed by atoms with Crippen molar-refractivity contribution in [2.24, 2.45) is 0 Å². The van der Waals surface area contributed by atoms with E-state index in [0.29, 0.717) is 18.0 Å². The molecule has 22 heavy (non-hydrogen) atoms. The van der Waals surface area contributed by atoms with Gasteiger partial charge >= 0.3 is 0 Å². The van der Waals surface area contributed by atoms with E-state index in [9.17, 15) is 13.2 Å². The van der Waals surface area contributed by atoms with Crippen molar-refractivity contribution in [2.75, 3.05) is 34.4 Å². The van der Waals surface area contributed by atoms with Crippen molar-refractivity contribution < 1.29 is 22.7 Å². The molecule has 0 spiro atoms. The van der Waals surface area contributed by atoms with E-state index >= 15 is 0 Å². The molecule has 7 nitrogen and oxygen atoms in total. The van der Waals surface area contributed by atoms with Gasteiger partial charge in [-0.2, -0.15) is 4.31 Å². The Morgan fingerprint density at radius 3 is 2.41 bits per heavy atom. The molecule has 0 aromatic heterocycles. The average molecular weight is 330 g/mol. The number of carbonyl (C=O) groups is 1. The maximum absolute atomic E-state index is 12.5. The Bertz CT molecular complexity index is 616. The summed E-state index contributed by atoms with van der Waals surface area (Å²) in [5, 5.41) is 2.64. The lowest BCUT2D eigenvalue weighted by Crippen LogP contribution is -2.38. The van der Waals surface area contributed by atoms with Crippen LogP contribution in [-0.2, 0) is 14.8 Å². The molecule has 1 amide bonds. The first-order valence-corrected chi connectivity index (χ1v) is 8.25. The lowest BCUT2D eigenvalue weighted by atomic mass is 10.3. The molecule has 0 fully saturated rings. The van der Waals surface area contributed by atoms with E-state index in [2.05, 4.69) is 5.32 Å². The highest BCUT2D eigenvalue weighted by atomic mass is 32.2. The van der Waals surface area contributed by atoms with E-state index in [1.165, 1.54) is 39.5 Å². The molecule has 0 aliphatic rings. The van der Waals surface area contributed by atoms with Crippen LogP contribution in [0, 0.1) is 0 Å². The largest absolute Gasteiger partial charge is 0.493 e. The number of amides is 1. The Morgan fingerprint density at radius 1 is 1.23 bits per heavy atom. The maximum Gasteiger partial charge on any atom is 0.243 e. The smallest absolute Gasteiger partial charge is 0.243 e. The highest BCUT2D eigenvalue weighted by Crippen LogP contribution is 2.30. The fraction of sp³-hybridized carbons (Fsp3) is 0.500. The van der Waals surface area contributed by atoms with Crippen LogP contribution in [-0.4, -0.2) is 53.0 Å². The third-order valence-corrected chi connectivity index (χ3v) is 4.80. The van der Waals surface area contributed by atoms with Crippen LogP contribution in [0.5, 0.6) is 11.5 Å². The molecule has 1 aromatic carbocycles. The molecule has 0 heterocycles. The summed E-state index contributed by atoms with van der Waals surface area (Å²) in [5.41, 5.74) is 0. The average Bonchev–Trinajstić information content (AvgIpc) is 2.51. The first kappa shape index (κ1) is 18.2. The van der Waals surface area contributed by atoms with Crippen LogP contribution in [0.25, 0.3) is 0 Å². The number of nitrogens with one attached hydrogen (secondary N) is 1. The van der Waals surface area contributed by atoms with Crippen molar-refractivity contribution in [3.8, 4) is 11.5 Å². The zero-order valence-corrected chi connectivity index (χ0v) is 14.1. The van der Waals surface area contributed by atoms with Crippen molar-refractivity contribution in [3.05, 3.63) is 18.2 Å². The van der Waals surface area contributed by atoms with Crippen LogP contribution < -0.4 is 14.8 Å². The highest BCUT2D eigenvalue weighted by molar-refractivity contribution is 7.89. The van der Waals surface area contributed by atoms with Crippen molar-refractivity contribution in [2.45, 2.75) is 18.2 Å². The number of ether oxygens (including phenoxy) is 2. The van der Waals surface area contributed by atoms with Gasteiger partial charge in [0, 0.05) is 19.7 Å². The molecule has 0 saturated heterocycles. The Hall–Kier alpha value is -1.80. The normalized spacial score (nSPS) is 11.3. The van der Waals surface area contributed by atoms with Gasteiger partial charge in [-0.3, -0.25) is 4.79 Å². The van der Waals surface area contributed by atoms with Crippen molar-refractivity contribution in [1.82, 2.24) is 9.62 Å². The van der Waals surface area contributed by atoms with Gasteiger partial charge in [-0.05, 0) is 18.6 Å². The second kappa shape index (κ2) is 8.00. The summed E-state index contributed by atoms with van der Waals surface area (Å²) in [5.74, 6) is 0.408. The van der Waals surface area contributed by atoms with Gasteiger partial charge in [0.05, 0.1) is 25.7 Å². The molecule has 0 aliphatic heterocycles. The number of hydrogen-bond acceptors (Lipinski definition) is 5. The Balaban J connectivity index is 2.96. The number of sulfonamides is 1. The first-order chi connectivity index (χ1) is 10.4. The number of rotatable bonds is 8. The number of nitrogens with zero attached hydrogens (tertiary/aromatic N) is 1. The van der Waals surface area contributed by atoms with Crippen LogP contribution in [0.4, 0.5) is 0 Å². The minimum atomic E-state index is -3.78. The van der Waals surface area contributed by atoms with Crippen molar-refractivity contribution in [3.63, 3.8) is 0 Å². The number of carbonyl (C=O) groups excluding carboxylic acids is 1. The monoisotopic (exact) mass is 330 g/mol. The summed E-state index contributed by atoms with van der Waals surface area (Å²) in [4.78, 5) is 11.7. The topological polar surface area (TPSA) is 84.9 Å². The molecule has 1 N–H and O–H groups in total. The summed E-state index contributed by atoms with van der Waals surface area (Å²) < 4.78 is 36.1. The first-order valence-electron chi connectivity index (χ1n) is 6.81. The molecular formula is C14H22N2O5S. The number of likely N-dealkylation sites (N-methyl/N-ethyl adjacent to an activating group) is 1. The summed E-state index contributed by atoms with van der Waals surface area (Å²) in [7, 11) is 0.474. The second-order valence-corrected chi connectivity index (χ2v) is 6.67. The van der Waals surface area contributed by atoms with Gasteiger partial charge in [0.2, 0.25) is 15.9 Å². The molecule has 124 valence electrons. The van der Waals surface area contributed by atoms with Gasteiger partial charge in [-0.1, -0.05) is 6.92 Å². The summed E-state index contributed by atoms with van der Waals surface area (Å²) in [6.07, 6.45) is 0.790. The quantitative estimate of drug-likeness (QED) is 0.764. The van der Waals surface area contributed by atoms with E-state index in [-0.39, 0.29) is 17.3 Å². The highest BCUT2D eigenvalue weighted by Gasteiger charge is 2.24. The van der Waals surface area contributed by atoms with Crippen LogP contribution in [0.1, 0.15) is 13.3 Å². The number of benzene rings is 1. The van der Waals surface area contributed by atoms with E-state index in [0.717, 1.165) is 10.7 Å². The van der Waals surface area contributed by atoms with Crippen molar-refractivity contribution >= 4 is 15.9 Å². The minimum absolute atomic E-state index is 0.0379.